The van der Waals surface area contributed by atoms with Gasteiger partial charge in [-0.3, -0.25) is 4.79 Å². The van der Waals surface area contributed by atoms with Gasteiger partial charge in [-0.15, -0.1) is 0 Å². The average molecular weight is 306 g/mol. The molecule has 0 aromatic rings. The standard InChI is InChI=1S/C10H14O2.3CO.Fe/c1-3-4-5-6-7-8-9-12-10(2)11;3*1-2;/h3-8H,9H2,1-2H3;;;;/b4-3+,6-5+,8-7+;;;;. The van der Waals surface area contributed by atoms with E-state index in [4.69, 9.17) is 14.0 Å². The largest absolute Gasteiger partial charge is 0 e. The first-order valence-electron chi connectivity index (χ1n) is 4.46. The first-order valence-corrected chi connectivity index (χ1v) is 4.46. The molecule has 0 saturated heterocycles. The fourth-order valence-corrected chi connectivity index (χ4v) is 0.539. The van der Waals surface area contributed by atoms with Gasteiger partial charge in [-0.05, 0) is 13.0 Å². The normalized spacial score (nSPS) is 7.79. The molecule has 0 aliphatic carbocycles. The predicted molar refractivity (Wildman–Crippen MR) is 61.5 cm³/mol. The Morgan fingerprint density at radius 1 is 1.00 bits per heavy atom. The van der Waals surface area contributed by atoms with Gasteiger partial charge in [0, 0.05) is 24.0 Å². The van der Waals surface area contributed by atoms with Gasteiger partial charge in [-0.25, -0.2) is 0 Å². The number of carbonyl (C=O) groups excluding carboxylic acids is 1. The number of hydrogen-bond acceptors (Lipinski definition) is 2. The van der Waals surface area contributed by atoms with Crippen molar-refractivity contribution >= 4 is 5.97 Å². The fourth-order valence-electron chi connectivity index (χ4n) is 0.539. The van der Waals surface area contributed by atoms with Gasteiger partial charge in [-0.1, -0.05) is 30.4 Å². The summed E-state index contributed by atoms with van der Waals surface area (Å²) in [4.78, 5) is 10.3. The minimum absolute atomic E-state index is 0. The summed E-state index contributed by atoms with van der Waals surface area (Å²) in [6.45, 7) is 17.2. The van der Waals surface area contributed by atoms with Crippen LogP contribution in [0.2, 0.25) is 0 Å². The van der Waals surface area contributed by atoms with Crippen LogP contribution in [0.4, 0.5) is 0 Å². The Bertz CT molecular complexity index is 296. The molecule has 19 heavy (non-hydrogen) atoms. The van der Waals surface area contributed by atoms with Crippen LogP contribution in [-0.2, 0) is 40.6 Å². The third kappa shape index (κ3) is 62.0. The van der Waals surface area contributed by atoms with E-state index >= 15 is 0 Å². The number of carbonyl (C=O) groups is 1. The molecule has 0 saturated carbocycles. The van der Waals surface area contributed by atoms with Gasteiger partial charge < -0.3 is 4.74 Å². The molecular weight excluding hydrogens is 292 g/mol. The van der Waals surface area contributed by atoms with Crippen molar-refractivity contribution in [3.63, 3.8) is 0 Å². The molecule has 104 valence electrons. The minimum atomic E-state index is -0.253. The summed E-state index contributed by atoms with van der Waals surface area (Å²) in [6, 6.07) is 0. The Labute approximate surface area is 124 Å². The van der Waals surface area contributed by atoms with Crippen molar-refractivity contribution in [2.45, 2.75) is 13.8 Å². The van der Waals surface area contributed by atoms with E-state index in [1.54, 1.807) is 6.08 Å². The predicted octanol–water partition coefficient (Wildman–Crippen LogP) is 2.12. The zero-order valence-corrected chi connectivity index (χ0v) is 11.7. The third-order valence-electron chi connectivity index (χ3n) is 1.04. The maximum atomic E-state index is 10.3. The first-order chi connectivity index (χ1) is 8.77. The number of hydrogen-bond donors (Lipinski definition) is 0. The Morgan fingerprint density at radius 3 is 1.79 bits per heavy atom. The van der Waals surface area contributed by atoms with Crippen LogP contribution in [0.1, 0.15) is 13.8 Å². The van der Waals surface area contributed by atoms with Gasteiger partial charge in [0.2, 0.25) is 0 Å². The molecule has 0 aliphatic rings. The molecule has 0 rings (SSSR count). The van der Waals surface area contributed by atoms with E-state index in [2.05, 4.69) is 24.7 Å². The second-order valence-corrected chi connectivity index (χ2v) is 2.14. The van der Waals surface area contributed by atoms with Gasteiger partial charge in [0.1, 0.15) is 6.61 Å². The minimum Gasteiger partial charge on any atom is 0 e. The van der Waals surface area contributed by atoms with Gasteiger partial charge in [0.05, 0.1) is 0 Å². The molecular formula is C13H14FeO5. The Hall–Kier alpha value is -1.57. The summed E-state index contributed by atoms with van der Waals surface area (Å²) in [5, 5.41) is 0. The van der Waals surface area contributed by atoms with Gasteiger partial charge in [-0.2, -0.15) is 0 Å². The summed E-state index contributed by atoms with van der Waals surface area (Å²) < 4.78 is 27.2. The van der Waals surface area contributed by atoms with Crippen LogP contribution < -0.4 is 0 Å². The van der Waals surface area contributed by atoms with Crippen LogP contribution in [-0.4, -0.2) is 12.6 Å². The molecule has 0 amide bonds. The second-order valence-electron chi connectivity index (χ2n) is 2.14. The molecule has 0 unspecified atom stereocenters. The van der Waals surface area contributed by atoms with Crippen LogP contribution in [0.15, 0.2) is 36.5 Å². The van der Waals surface area contributed by atoms with Crippen LogP contribution in [0.3, 0.4) is 0 Å². The number of esters is 1. The van der Waals surface area contributed by atoms with E-state index in [0.717, 1.165) is 0 Å². The quantitative estimate of drug-likeness (QED) is 0.262. The number of allylic oxidation sites excluding steroid dienone is 5. The Morgan fingerprint density at radius 2 is 1.42 bits per heavy atom. The zero-order valence-electron chi connectivity index (χ0n) is 10.6. The molecule has 0 radical (unpaired) electrons. The van der Waals surface area contributed by atoms with Gasteiger partial charge >= 0.3 is 39.9 Å². The molecule has 6 heteroatoms. The van der Waals surface area contributed by atoms with Crippen molar-refractivity contribution in [1.29, 1.82) is 0 Å². The topological polar surface area (TPSA) is 86.0 Å². The molecule has 5 nitrogen and oxygen atoms in total. The van der Waals surface area contributed by atoms with Crippen molar-refractivity contribution in [1.82, 2.24) is 0 Å². The van der Waals surface area contributed by atoms with Crippen molar-refractivity contribution < 1.29 is 40.6 Å². The Kier molecular flexibility index (Phi) is 70.5. The smallest absolute Gasteiger partial charge is 0 e. The van der Waals surface area contributed by atoms with Gasteiger partial charge in [0.25, 0.3) is 0 Å². The van der Waals surface area contributed by atoms with Crippen molar-refractivity contribution in [3.8, 4) is 0 Å². The van der Waals surface area contributed by atoms with Crippen LogP contribution in [0.5, 0.6) is 0 Å². The molecule has 0 fully saturated rings. The van der Waals surface area contributed by atoms with E-state index in [-0.39, 0.29) is 23.0 Å². The second kappa shape index (κ2) is 44.0. The van der Waals surface area contributed by atoms with E-state index < -0.39 is 0 Å². The summed E-state index contributed by atoms with van der Waals surface area (Å²) in [7, 11) is 0. The van der Waals surface area contributed by atoms with Crippen LogP contribution >= 0.6 is 0 Å². The fraction of sp³-hybridized carbons (Fsp3) is 0.231. The molecule has 0 bridgehead atoms. The summed E-state index contributed by atoms with van der Waals surface area (Å²) in [6.07, 6.45) is 11.3. The maximum Gasteiger partial charge on any atom is 0 e. The molecule has 0 aromatic carbocycles. The maximum absolute atomic E-state index is 10.3. The Balaban J connectivity index is -0.0000000816. The van der Waals surface area contributed by atoms with Crippen molar-refractivity contribution in [2.24, 2.45) is 0 Å². The van der Waals surface area contributed by atoms with Crippen molar-refractivity contribution in [2.75, 3.05) is 6.61 Å². The molecule has 0 aromatic heterocycles. The van der Waals surface area contributed by atoms with E-state index in [9.17, 15) is 4.79 Å². The first kappa shape index (κ1) is 30.5. The van der Waals surface area contributed by atoms with Crippen LogP contribution in [0, 0.1) is 20.0 Å². The average Bonchev–Trinajstić information content (AvgIpc) is 2.44. The zero-order chi connectivity index (χ0) is 15.2. The molecule has 0 aliphatic heterocycles. The summed E-state index contributed by atoms with van der Waals surface area (Å²) >= 11 is 0. The molecule has 0 atom stereocenters. The van der Waals surface area contributed by atoms with Crippen molar-refractivity contribution in [3.05, 3.63) is 56.4 Å². The monoisotopic (exact) mass is 306 g/mol. The summed E-state index contributed by atoms with van der Waals surface area (Å²) in [5.41, 5.74) is 0. The number of rotatable bonds is 4. The van der Waals surface area contributed by atoms with Crippen LogP contribution in [0.25, 0.3) is 0 Å². The van der Waals surface area contributed by atoms with Gasteiger partial charge in [0.15, 0.2) is 0 Å². The third-order valence-corrected chi connectivity index (χ3v) is 1.04. The van der Waals surface area contributed by atoms with E-state index in [0.29, 0.717) is 6.61 Å². The molecule has 0 spiro atoms. The number of ether oxygens (including phenoxy) is 1. The SMILES string of the molecule is C/C=C/C=C/C=C/COC(C)=O.[C-]#[O+].[C-]#[O+].[C-]#[O+].[Fe]. The molecule has 0 N–H and O–H groups in total. The molecule has 0 heterocycles. The van der Waals surface area contributed by atoms with E-state index in [1.165, 1.54) is 6.92 Å². The summed E-state index contributed by atoms with van der Waals surface area (Å²) in [5.74, 6) is -0.253. The van der Waals surface area contributed by atoms with E-state index in [1.807, 2.05) is 37.3 Å².